The van der Waals surface area contributed by atoms with Crippen LogP contribution in [-0.4, -0.2) is 61.2 Å². The second-order valence-corrected chi connectivity index (χ2v) is 5.44. The van der Waals surface area contributed by atoms with Gasteiger partial charge in [-0.15, -0.1) is 0 Å². The van der Waals surface area contributed by atoms with Crippen LogP contribution in [0.1, 0.15) is 13.2 Å². The summed E-state index contributed by atoms with van der Waals surface area (Å²) < 4.78 is 12.3. The second-order valence-electron chi connectivity index (χ2n) is 5.44. The summed E-state index contributed by atoms with van der Waals surface area (Å²) in [5, 5.41) is 19.5. The van der Waals surface area contributed by atoms with Crippen molar-refractivity contribution in [2.75, 3.05) is 19.5 Å². The Kier molecular flexibility index (Phi) is 3.40. The van der Waals surface area contributed by atoms with E-state index >= 15 is 0 Å². The maximum Gasteiger partial charge on any atom is 0.246 e. The number of aliphatic hydroxyl groups is 2. The average Bonchev–Trinajstić information content (AvgIpc) is 2.98. The highest BCUT2D eigenvalue weighted by molar-refractivity contribution is 5.77. The topological polar surface area (TPSA) is 155 Å². The lowest BCUT2D eigenvalue weighted by molar-refractivity contribution is -0.0455. The van der Waals surface area contributed by atoms with Crippen LogP contribution >= 0.6 is 0 Å². The van der Waals surface area contributed by atoms with E-state index in [-0.39, 0.29) is 18.4 Å². The summed E-state index contributed by atoms with van der Waals surface area (Å²) in [6.45, 7) is 1.28. The number of aromatic nitrogens is 4. The third-order valence-electron chi connectivity index (χ3n) is 3.86. The van der Waals surface area contributed by atoms with Crippen molar-refractivity contribution < 1.29 is 19.7 Å². The van der Waals surface area contributed by atoms with Crippen molar-refractivity contribution in [2.45, 2.75) is 30.9 Å². The number of anilines is 1. The summed E-state index contributed by atoms with van der Waals surface area (Å²) in [4.78, 5) is 12.3. The SMILES string of the molecule is COc1nc(N)nc2c1ncn2[C@@H]1O[C@H](CO)C(O)[C@@]1(C)N. The fraction of sp³-hybridized carbons (Fsp3) is 0.583. The quantitative estimate of drug-likeness (QED) is 0.523. The van der Waals surface area contributed by atoms with Gasteiger partial charge >= 0.3 is 0 Å². The van der Waals surface area contributed by atoms with E-state index in [2.05, 4.69) is 15.0 Å². The highest BCUT2D eigenvalue weighted by Gasteiger charge is 2.51. The zero-order valence-electron chi connectivity index (χ0n) is 12.2. The van der Waals surface area contributed by atoms with Crippen LogP contribution in [-0.2, 0) is 4.74 Å². The van der Waals surface area contributed by atoms with Crippen molar-refractivity contribution in [3.8, 4) is 5.88 Å². The first-order valence-corrected chi connectivity index (χ1v) is 6.67. The number of imidazole rings is 1. The van der Waals surface area contributed by atoms with Gasteiger partial charge in [0.2, 0.25) is 11.8 Å². The van der Waals surface area contributed by atoms with E-state index < -0.39 is 24.0 Å². The minimum Gasteiger partial charge on any atom is -0.479 e. The zero-order valence-corrected chi connectivity index (χ0v) is 12.2. The second kappa shape index (κ2) is 5.02. The molecule has 3 rings (SSSR count). The number of nitrogens with zero attached hydrogens (tertiary/aromatic N) is 4. The molecule has 1 saturated heterocycles. The van der Waals surface area contributed by atoms with E-state index in [4.69, 9.17) is 20.9 Å². The molecular formula is C12H18N6O4. The maximum absolute atomic E-state index is 10.2. The molecule has 3 heterocycles. The van der Waals surface area contributed by atoms with Gasteiger partial charge in [-0.25, -0.2) is 4.98 Å². The molecule has 1 unspecified atom stereocenters. The molecule has 0 spiro atoms. The molecule has 120 valence electrons. The summed E-state index contributed by atoms with van der Waals surface area (Å²) in [5.41, 5.74) is 11.5. The summed E-state index contributed by atoms with van der Waals surface area (Å²) in [6, 6.07) is 0. The van der Waals surface area contributed by atoms with E-state index in [1.165, 1.54) is 13.4 Å². The maximum atomic E-state index is 10.2. The van der Waals surface area contributed by atoms with Crippen LogP contribution < -0.4 is 16.2 Å². The summed E-state index contributed by atoms with van der Waals surface area (Å²) >= 11 is 0. The number of nitrogens with two attached hydrogens (primary N) is 2. The smallest absolute Gasteiger partial charge is 0.246 e. The first-order valence-electron chi connectivity index (χ1n) is 6.67. The Morgan fingerprint density at radius 3 is 2.82 bits per heavy atom. The molecule has 2 aromatic rings. The lowest BCUT2D eigenvalue weighted by Crippen LogP contribution is -2.52. The largest absolute Gasteiger partial charge is 0.479 e. The van der Waals surface area contributed by atoms with E-state index in [1.807, 2.05) is 0 Å². The monoisotopic (exact) mass is 310 g/mol. The minimum absolute atomic E-state index is 0.0158. The van der Waals surface area contributed by atoms with E-state index in [0.29, 0.717) is 11.2 Å². The van der Waals surface area contributed by atoms with Gasteiger partial charge < -0.3 is 31.2 Å². The van der Waals surface area contributed by atoms with E-state index in [9.17, 15) is 10.2 Å². The van der Waals surface area contributed by atoms with Crippen LogP contribution in [0.25, 0.3) is 11.2 Å². The zero-order chi connectivity index (χ0) is 16.1. The van der Waals surface area contributed by atoms with Gasteiger partial charge in [-0.1, -0.05) is 0 Å². The molecule has 6 N–H and O–H groups in total. The number of hydrogen-bond donors (Lipinski definition) is 4. The van der Waals surface area contributed by atoms with Crippen molar-refractivity contribution in [1.82, 2.24) is 19.5 Å². The number of nitrogen functional groups attached to an aromatic ring is 1. The van der Waals surface area contributed by atoms with E-state index in [1.54, 1.807) is 11.5 Å². The Hall–Kier alpha value is -2.01. The fourth-order valence-corrected chi connectivity index (χ4v) is 2.66. The summed E-state index contributed by atoms with van der Waals surface area (Å²) in [7, 11) is 1.45. The van der Waals surface area contributed by atoms with Gasteiger partial charge in [0, 0.05) is 0 Å². The van der Waals surface area contributed by atoms with E-state index in [0.717, 1.165) is 0 Å². The molecular weight excluding hydrogens is 292 g/mol. The Balaban J connectivity index is 2.13. The first-order chi connectivity index (χ1) is 10.4. The van der Waals surface area contributed by atoms with Gasteiger partial charge in [0.25, 0.3) is 0 Å². The third kappa shape index (κ3) is 2.00. The molecule has 0 saturated carbocycles. The first kappa shape index (κ1) is 14.9. The molecule has 1 aliphatic rings. The number of fused-ring (bicyclic) bond motifs is 1. The molecule has 22 heavy (non-hydrogen) atoms. The summed E-state index contributed by atoms with van der Waals surface area (Å²) in [5.74, 6) is 0.249. The predicted octanol–water partition coefficient (Wildman–Crippen LogP) is -1.61. The lowest BCUT2D eigenvalue weighted by Gasteiger charge is -2.28. The average molecular weight is 310 g/mol. The van der Waals surface area contributed by atoms with Gasteiger partial charge in [0.1, 0.15) is 12.2 Å². The number of aliphatic hydroxyl groups excluding tert-OH is 2. The number of hydrogen-bond acceptors (Lipinski definition) is 9. The van der Waals surface area contributed by atoms with Crippen LogP contribution in [0.15, 0.2) is 6.33 Å². The predicted molar refractivity (Wildman–Crippen MR) is 75.9 cm³/mol. The van der Waals surface area contributed by atoms with Crippen LogP contribution in [0.4, 0.5) is 5.95 Å². The van der Waals surface area contributed by atoms with Crippen molar-refractivity contribution >= 4 is 17.1 Å². The summed E-state index contributed by atoms with van der Waals surface area (Å²) in [6.07, 6.45) is -1.15. The van der Waals surface area contributed by atoms with Crippen molar-refractivity contribution in [2.24, 2.45) is 5.73 Å². The third-order valence-corrected chi connectivity index (χ3v) is 3.86. The van der Waals surface area contributed by atoms with Crippen molar-refractivity contribution in [1.29, 1.82) is 0 Å². The van der Waals surface area contributed by atoms with Gasteiger partial charge in [-0.2, -0.15) is 9.97 Å². The highest BCUT2D eigenvalue weighted by atomic mass is 16.5. The Labute approximate surface area is 125 Å². The molecule has 0 bridgehead atoms. The van der Waals surface area contributed by atoms with Gasteiger partial charge in [-0.05, 0) is 6.92 Å². The van der Waals surface area contributed by atoms with Crippen molar-refractivity contribution in [3.63, 3.8) is 0 Å². The minimum atomic E-state index is -1.14. The van der Waals surface area contributed by atoms with Crippen molar-refractivity contribution in [3.05, 3.63) is 6.33 Å². The molecule has 1 aliphatic heterocycles. The Bertz CT molecular complexity index is 702. The van der Waals surface area contributed by atoms with Crippen LogP contribution in [0.3, 0.4) is 0 Å². The molecule has 0 aliphatic carbocycles. The molecule has 0 radical (unpaired) electrons. The fourth-order valence-electron chi connectivity index (χ4n) is 2.66. The molecule has 4 atom stereocenters. The van der Waals surface area contributed by atoms with Gasteiger partial charge in [0.15, 0.2) is 17.4 Å². The molecule has 2 aromatic heterocycles. The molecule has 0 aromatic carbocycles. The Morgan fingerprint density at radius 2 is 2.23 bits per heavy atom. The normalized spacial score (nSPS) is 31.8. The lowest BCUT2D eigenvalue weighted by atomic mass is 9.93. The van der Waals surface area contributed by atoms with Gasteiger partial charge in [0.05, 0.1) is 25.6 Å². The number of methoxy groups -OCH3 is 1. The molecule has 1 fully saturated rings. The van der Waals surface area contributed by atoms with Crippen LogP contribution in [0.5, 0.6) is 5.88 Å². The standard InChI is InChI=1S/C12H18N6O4/c1-12(14)7(20)5(3-19)22-10(12)18-4-15-6-8(18)16-11(13)17-9(6)21-2/h4-5,7,10,19-20H,3,14H2,1-2H3,(H2,13,16,17)/t5-,7?,10-,12-/m1/s1. The highest BCUT2D eigenvalue weighted by Crippen LogP contribution is 2.38. The molecule has 0 amide bonds. The Morgan fingerprint density at radius 1 is 1.50 bits per heavy atom. The van der Waals surface area contributed by atoms with Gasteiger partial charge in [-0.3, -0.25) is 4.57 Å². The molecule has 10 heteroatoms. The van der Waals surface area contributed by atoms with Crippen LogP contribution in [0.2, 0.25) is 0 Å². The number of ether oxygens (including phenoxy) is 2. The van der Waals surface area contributed by atoms with Crippen LogP contribution in [0, 0.1) is 0 Å². The molecule has 10 nitrogen and oxygen atoms in total. The number of rotatable bonds is 3.